The second-order valence-corrected chi connectivity index (χ2v) is 6.82. The van der Waals surface area contributed by atoms with Crippen molar-refractivity contribution < 1.29 is 14.3 Å². The minimum absolute atomic E-state index is 0.0665. The third kappa shape index (κ3) is 5.44. The van der Waals surface area contributed by atoms with Gasteiger partial charge in [-0.25, -0.2) is 4.79 Å². The van der Waals surface area contributed by atoms with E-state index in [0.717, 1.165) is 24.1 Å². The first kappa shape index (κ1) is 20.9. The summed E-state index contributed by atoms with van der Waals surface area (Å²) >= 11 is 0. The minimum atomic E-state index is -0.761. The van der Waals surface area contributed by atoms with Gasteiger partial charge in [0.25, 0.3) is 11.5 Å². The Morgan fingerprint density at radius 1 is 1.28 bits per heavy atom. The molecule has 1 N–H and O–H groups in total. The van der Waals surface area contributed by atoms with Crippen LogP contribution in [-0.4, -0.2) is 29.6 Å². The van der Waals surface area contributed by atoms with Gasteiger partial charge in [-0.15, -0.1) is 0 Å². The third-order valence-electron chi connectivity index (χ3n) is 4.29. The SMILES string of the molecule is CCCCn1c(C)c(C)cc(C(=O)NC(CC(C)C)C(=O)OC)c1=O. The van der Waals surface area contributed by atoms with Crippen LogP contribution < -0.4 is 10.9 Å². The molecule has 0 aliphatic carbocycles. The normalized spacial score (nSPS) is 12.1. The molecular formula is C19H30N2O4. The van der Waals surface area contributed by atoms with Gasteiger partial charge in [-0.05, 0) is 44.2 Å². The number of carbonyl (C=O) groups excluding carboxylic acids is 2. The summed E-state index contributed by atoms with van der Waals surface area (Å²) in [4.78, 5) is 37.3. The zero-order valence-corrected chi connectivity index (χ0v) is 16.1. The Balaban J connectivity index is 3.17. The Morgan fingerprint density at radius 2 is 1.92 bits per heavy atom. The van der Waals surface area contributed by atoms with Crippen molar-refractivity contribution in [3.63, 3.8) is 0 Å². The van der Waals surface area contributed by atoms with E-state index >= 15 is 0 Å². The topological polar surface area (TPSA) is 77.4 Å². The molecule has 0 aliphatic rings. The molecule has 140 valence electrons. The van der Waals surface area contributed by atoms with Gasteiger partial charge in [0.2, 0.25) is 0 Å². The first-order valence-corrected chi connectivity index (χ1v) is 8.82. The molecule has 0 spiro atoms. The van der Waals surface area contributed by atoms with Gasteiger partial charge in [0.15, 0.2) is 0 Å². The van der Waals surface area contributed by atoms with Crippen LogP contribution in [0.2, 0.25) is 0 Å². The van der Waals surface area contributed by atoms with Crippen LogP contribution in [0.4, 0.5) is 0 Å². The number of amides is 1. The number of pyridine rings is 1. The fourth-order valence-corrected chi connectivity index (χ4v) is 2.71. The number of methoxy groups -OCH3 is 1. The highest BCUT2D eigenvalue weighted by Gasteiger charge is 2.25. The number of carbonyl (C=O) groups is 2. The molecule has 0 fully saturated rings. The Labute approximate surface area is 149 Å². The summed E-state index contributed by atoms with van der Waals surface area (Å²) < 4.78 is 6.41. The molecule has 1 heterocycles. The predicted molar refractivity (Wildman–Crippen MR) is 97.8 cm³/mol. The average molecular weight is 350 g/mol. The molecular weight excluding hydrogens is 320 g/mol. The van der Waals surface area contributed by atoms with Gasteiger partial charge < -0.3 is 14.6 Å². The summed E-state index contributed by atoms with van der Waals surface area (Å²) in [6.07, 6.45) is 2.27. The summed E-state index contributed by atoms with van der Waals surface area (Å²) in [6.45, 7) is 10.3. The van der Waals surface area contributed by atoms with Gasteiger partial charge in [0, 0.05) is 12.2 Å². The maximum Gasteiger partial charge on any atom is 0.328 e. The summed E-state index contributed by atoms with van der Waals surface area (Å²) in [5.41, 5.74) is 1.49. The van der Waals surface area contributed by atoms with Gasteiger partial charge >= 0.3 is 5.97 Å². The third-order valence-corrected chi connectivity index (χ3v) is 4.29. The van der Waals surface area contributed by atoms with E-state index in [4.69, 9.17) is 4.74 Å². The first-order valence-electron chi connectivity index (χ1n) is 8.82. The van der Waals surface area contributed by atoms with Gasteiger partial charge in [-0.3, -0.25) is 9.59 Å². The number of ether oxygens (including phenoxy) is 1. The van der Waals surface area contributed by atoms with Crippen molar-refractivity contribution in [3.8, 4) is 0 Å². The second-order valence-electron chi connectivity index (χ2n) is 6.82. The number of nitrogens with one attached hydrogen (secondary N) is 1. The molecule has 6 nitrogen and oxygen atoms in total. The van der Waals surface area contributed by atoms with E-state index in [1.54, 1.807) is 10.6 Å². The molecule has 0 aromatic carbocycles. The lowest BCUT2D eigenvalue weighted by molar-refractivity contribution is -0.143. The summed E-state index contributed by atoms with van der Waals surface area (Å²) in [5.74, 6) is -0.836. The molecule has 1 aromatic rings. The van der Waals surface area contributed by atoms with Gasteiger partial charge in [-0.1, -0.05) is 27.2 Å². The van der Waals surface area contributed by atoms with Crippen molar-refractivity contribution in [1.82, 2.24) is 9.88 Å². The Kier molecular flexibility index (Phi) is 7.87. The predicted octanol–water partition coefficient (Wildman–Crippen LogP) is 2.58. The van der Waals surface area contributed by atoms with Crippen molar-refractivity contribution in [3.05, 3.63) is 33.2 Å². The molecule has 0 saturated carbocycles. The maximum atomic E-state index is 12.7. The first-order chi connectivity index (χ1) is 11.7. The largest absolute Gasteiger partial charge is 0.467 e. The van der Waals surface area contributed by atoms with Gasteiger partial charge in [-0.2, -0.15) is 0 Å². The number of rotatable bonds is 8. The minimum Gasteiger partial charge on any atom is -0.467 e. The molecule has 1 unspecified atom stereocenters. The van der Waals surface area contributed by atoms with E-state index in [-0.39, 0.29) is 17.0 Å². The van der Waals surface area contributed by atoms with Crippen molar-refractivity contribution in [2.45, 2.75) is 66.5 Å². The van der Waals surface area contributed by atoms with Crippen LogP contribution in [0, 0.1) is 19.8 Å². The zero-order valence-electron chi connectivity index (χ0n) is 16.1. The second kappa shape index (κ2) is 9.39. The van der Waals surface area contributed by atoms with E-state index in [1.165, 1.54) is 7.11 Å². The highest BCUT2D eigenvalue weighted by atomic mass is 16.5. The van der Waals surface area contributed by atoms with Crippen molar-refractivity contribution in [2.24, 2.45) is 5.92 Å². The summed E-state index contributed by atoms with van der Waals surface area (Å²) in [5, 5.41) is 2.66. The molecule has 1 amide bonds. The lowest BCUT2D eigenvalue weighted by Gasteiger charge is -2.19. The Morgan fingerprint density at radius 3 is 2.44 bits per heavy atom. The van der Waals surface area contributed by atoms with Crippen LogP contribution in [0.1, 0.15) is 61.6 Å². The molecule has 1 atom stereocenters. The molecule has 0 aliphatic heterocycles. The number of nitrogens with zero attached hydrogens (tertiary/aromatic N) is 1. The maximum absolute atomic E-state index is 12.7. The van der Waals surface area contributed by atoms with Crippen molar-refractivity contribution in [2.75, 3.05) is 7.11 Å². The molecule has 0 saturated heterocycles. The van der Waals surface area contributed by atoms with Crippen molar-refractivity contribution in [1.29, 1.82) is 0 Å². The van der Waals surface area contributed by atoms with E-state index in [0.29, 0.717) is 13.0 Å². The Bertz CT molecular complexity index is 677. The highest BCUT2D eigenvalue weighted by molar-refractivity contribution is 5.96. The van der Waals surface area contributed by atoms with Crippen LogP contribution in [-0.2, 0) is 16.1 Å². The monoisotopic (exact) mass is 350 g/mol. The van der Waals surface area contributed by atoms with Gasteiger partial charge in [0.1, 0.15) is 11.6 Å². The summed E-state index contributed by atoms with van der Waals surface area (Å²) in [7, 11) is 1.29. The van der Waals surface area contributed by atoms with Crippen LogP contribution in [0.25, 0.3) is 0 Å². The summed E-state index contributed by atoms with van der Waals surface area (Å²) in [6, 6.07) is 0.835. The van der Waals surface area contributed by atoms with Crippen LogP contribution in [0.5, 0.6) is 0 Å². The molecule has 6 heteroatoms. The number of aromatic nitrogens is 1. The van der Waals surface area contributed by atoms with Crippen molar-refractivity contribution >= 4 is 11.9 Å². The fourth-order valence-electron chi connectivity index (χ4n) is 2.71. The number of aryl methyl sites for hydroxylation is 1. The van der Waals surface area contributed by atoms with Crippen LogP contribution in [0.3, 0.4) is 0 Å². The number of hydrogen-bond donors (Lipinski definition) is 1. The standard InChI is InChI=1S/C19H30N2O4/c1-7-8-9-21-14(5)13(4)11-15(18(21)23)17(22)20-16(10-12(2)3)19(24)25-6/h11-12,16H,7-10H2,1-6H3,(H,20,22). The van der Waals surface area contributed by atoms with Crippen LogP contribution >= 0.6 is 0 Å². The molecule has 1 rings (SSSR count). The number of esters is 1. The lowest BCUT2D eigenvalue weighted by Crippen LogP contribution is -2.44. The molecule has 0 radical (unpaired) electrons. The van der Waals surface area contributed by atoms with E-state index in [2.05, 4.69) is 12.2 Å². The van der Waals surface area contributed by atoms with E-state index in [9.17, 15) is 14.4 Å². The molecule has 25 heavy (non-hydrogen) atoms. The quantitative estimate of drug-likeness (QED) is 0.731. The molecule has 1 aromatic heterocycles. The number of unbranched alkanes of at least 4 members (excludes halogenated alkanes) is 1. The van der Waals surface area contributed by atoms with E-state index < -0.39 is 17.9 Å². The highest BCUT2D eigenvalue weighted by Crippen LogP contribution is 2.10. The average Bonchev–Trinajstić information content (AvgIpc) is 2.56. The molecule has 0 bridgehead atoms. The lowest BCUT2D eigenvalue weighted by atomic mass is 10.0. The van der Waals surface area contributed by atoms with Crippen LogP contribution in [0.15, 0.2) is 10.9 Å². The fraction of sp³-hybridized carbons (Fsp3) is 0.632. The van der Waals surface area contributed by atoms with E-state index in [1.807, 2.05) is 27.7 Å². The Hall–Kier alpha value is -2.11. The number of hydrogen-bond acceptors (Lipinski definition) is 4. The van der Waals surface area contributed by atoms with Gasteiger partial charge in [0.05, 0.1) is 7.11 Å². The zero-order chi connectivity index (χ0) is 19.1. The smallest absolute Gasteiger partial charge is 0.328 e.